The van der Waals surface area contributed by atoms with Crippen molar-refractivity contribution in [1.82, 2.24) is 14.8 Å². The molecule has 0 saturated carbocycles. The van der Waals surface area contributed by atoms with E-state index in [0.717, 1.165) is 51.1 Å². The van der Waals surface area contributed by atoms with Crippen molar-refractivity contribution in [3.05, 3.63) is 24.4 Å². The largest absolute Gasteiger partial charge is 0.369 e. The second kappa shape index (κ2) is 8.29. The Morgan fingerprint density at radius 1 is 1.20 bits per heavy atom. The normalized spacial score (nSPS) is 22.6. The first-order valence-corrected chi connectivity index (χ1v) is 9.09. The number of hydrogen-bond donors (Lipinski definition) is 2. The van der Waals surface area contributed by atoms with Crippen molar-refractivity contribution in [2.45, 2.75) is 31.7 Å². The molecule has 136 valence electrons. The number of rotatable bonds is 5. The fourth-order valence-electron chi connectivity index (χ4n) is 3.78. The van der Waals surface area contributed by atoms with Gasteiger partial charge < -0.3 is 16.0 Å². The second-order valence-corrected chi connectivity index (χ2v) is 7.00. The Kier molecular flexibility index (Phi) is 5.86. The van der Waals surface area contributed by atoms with Gasteiger partial charge in [-0.1, -0.05) is 6.07 Å². The highest BCUT2D eigenvalue weighted by Gasteiger charge is 2.31. The van der Waals surface area contributed by atoms with Gasteiger partial charge in [0, 0.05) is 31.9 Å². The van der Waals surface area contributed by atoms with E-state index in [0.29, 0.717) is 12.6 Å². The number of aromatic nitrogens is 1. The van der Waals surface area contributed by atoms with E-state index < -0.39 is 0 Å². The third-order valence-electron chi connectivity index (χ3n) is 5.06. The summed E-state index contributed by atoms with van der Waals surface area (Å²) < 4.78 is 0. The van der Waals surface area contributed by atoms with E-state index in [9.17, 15) is 9.59 Å². The minimum absolute atomic E-state index is 0.00611. The molecule has 3 rings (SSSR count). The van der Waals surface area contributed by atoms with E-state index >= 15 is 0 Å². The number of nitrogens with zero attached hydrogens (tertiary/aromatic N) is 3. The van der Waals surface area contributed by atoms with Crippen LogP contribution in [-0.2, 0) is 9.59 Å². The van der Waals surface area contributed by atoms with Crippen LogP contribution in [0.1, 0.15) is 25.7 Å². The number of piperidine rings is 2. The van der Waals surface area contributed by atoms with Gasteiger partial charge in [0.1, 0.15) is 5.82 Å². The fourth-order valence-corrected chi connectivity index (χ4v) is 3.78. The summed E-state index contributed by atoms with van der Waals surface area (Å²) in [6.45, 7) is 3.29. The molecule has 2 aliphatic rings. The van der Waals surface area contributed by atoms with Crippen LogP contribution in [0.5, 0.6) is 0 Å². The molecule has 1 atom stereocenters. The molecule has 7 nitrogen and oxygen atoms in total. The van der Waals surface area contributed by atoms with Gasteiger partial charge in [-0.25, -0.2) is 4.98 Å². The van der Waals surface area contributed by atoms with Gasteiger partial charge in [-0.15, -0.1) is 0 Å². The molecular weight excluding hydrogens is 318 g/mol. The highest BCUT2D eigenvalue weighted by atomic mass is 16.2. The molecule has 3 N–H and O–H groups in total. The maximum Gasteiger partial charge on any atom is 0.231 e. The quantitative estimate of drug-likeness (QED) is 0.819. The number of carbonyl (C=O) groups is 2. The highest BCUT2D eigenvalue weighted by molar-refractivity contribution is 5.80. The van der Waals surface area contributed by atoms with E-state index in [4.69, 9.17) is 5.73 Å². The molecule has 1 aromatic heterocycles. The predicted octanol–water partition coefficient (Wildman–Crippen LogP) is 0.682. The third-order valence-corrected chi connectivity index (χ3v) is 5.06. The first kappa shape index (κ1) is 17.7. The summed E-state index contributed by atoms with van der Waals surface area (Å²) in [5.41, 5.74) is 5.28. The van der Waals surface area contributed by atoms with Crippen molar-refractivity contribution in [1.29, 1.82) is 0 Å². The molecule has 0 radical (unpaired) electrons. The van der Waals surface area contributed by atoms with Crippen LogP contribution in [0.4, 0.5) is 5.82 Å². The number of hydrogen-bond acceptors (Lipinski definition) is 5. The Morgan fingerprint density at radius 2 is 2.00 bits per heavy atom. The van der Waals surface area contributed by atoms with E-state index in [1.165, 1.54) is 0 Å². The maximum absolute atomic E-state index is 12.8. The first-order chi connectivity index (χ1) is 12.1. The zero-order valence-corrected chi connectivity index (χ0v) is 14.6. The molecule has 0 aliphatic carbocycles. The van der Waals surface area contributed by atoms with Crippen LogP contribution in [-0.4, -0.2) is 65.4 Å². The minimum Gasteiger partial charge on any atom is -0.369 e. The van der Waals surface area contributed by atoms with Crippen LogP contribution < -0.4 is 11.1 Å². The minimum atomic E-state index is -0.325. The van der Waals surface area contributed by atoms with E-state index in [1.54, 1.807) is 6.20 Å². The molecule has 25 heavy (non-hydrogen) atoms. The lowest BCUT2D eigenvalue weighted by Gasteiger charge is -2.37. The van der Waals surface area contributed by atoms with Gasteiger partial charge in [0.2, 0.25) is 11.8 Å². The summed E-state index contributed by atoms with van der Waals surface area (Å²) in [6.07, 6.45) is 5.49. The van der Waals surface area contributed by atoms with Crippen LogP contribution in [0, 0.1) is 5.92 Å². The number of carbonyl (C=O) groups excluding carboxylic acids is 2. The van der Waals surface area contributed by atoms with Gasteiger partial charge in [0.05, 0.1) is 12.5 Å². The van der Waals surface area contributed by atoms with Gasteiger partial charge in [-0.2, -0.15) is 0 Å². The lowest BCUT2D eigenvalue weighted by Crippen LogP contribution is -2.49. The summed E-state index contributed by atoms with van der Waals surface area (Å²) in [6, 6.07) is 6.19. The smallest absolute Gasteiger partial charge is 0.231 e. The first-order valence-electron chi connectivity index (χ1n) is 9.09. The number of likely N-dealkylation sites (tertiary alicyclic amines) is 2. The summed E-state index contributed by atoms with van der Waals surface area (Å²) in [5.74, 6) is 0.787. The Hall–Kier alpha value is -2.15. The van der Waals surface area contributed by atoms with E-state index in [-0.39, 0.29) is 24.3 Å². The van der Waals surface area contributed by atoms with Gasteiger partial charge in [-0.05, 0) is 44.4 Å². The molecule has 0 unspecified atom stereocenters. The number of nitrogens with two attached hydrogens (primary N) is 1. The predicted molar refractivity (Wildman–Crippen MR) is 95.8 cm³/mol. The van der Waals surface area contributed by atoms with Crippen LogP contribution in [0.3, 0.4) is 0 Å². The second-order valence-electron chi connectivity index (χ2n) is 7.00. The molecule has 0 spiro atoms. The van der Waals surface area contributed by atoms with Gasteiger partial charge >= 0.3 is 0 Å². The highest BCUT2D eigenvalue weighted by Crippen LogP contribution is 2.22. The maximum atomic E-state index is 12.8. The summed E-state index contributed by atoms with van der Waals surface area (Å²) in [4.78, 5) is 32.2. The molecular formula is C18H27N5O2. The van der Waals surface area contributed by atoms with Crippen molar-refractivity contribution in [3.63, 3.8) is 0 Å². The van der Waals surface area contributed by atoms with Crippen molar-refractivity contribution in [3.8, 4) is 0 Å². The molecule has 7 heteroatoms. The number of anilines is 1. The molecule has 2 fully saturated rings. The number of pyridine rings is 1. The molecule has 2 saturated heterocycles. The van der Waals surface area contributed by atoms with Gasteiger partial charge in [0.15, 0.2) is 0 Å². The van der Waals surface area contributed by atoms with Gasteiger partial charge in [0.25, 0.3) is 0 Å². The topological polar surface area (TPSA) is 91.6 Å². The number of amides is 2. The number of primary amides is 1. The molecule has 3 heterocycles. The van der Waals surface area contributed by atoms with Crippen molar-refractivity contribution >= 4 is 17.6 Å². The molecule has 2 amide bonds. The molecule has 0 bridgehead atoms. The van der Waals surface area contributed by atoms with Crippen LogP contribution in [0.25, 0.3) is 0 Å². The molecule has 1 aromatic rings. The Balaban J connectivity index is 1.47. The third kappa shape index (κ3) is 4.92. The van der Waals surface area contributed by atoms with Crippen LogP contribution in [0.2, 0.25) is 0 Å². The molecule has 0 aromatic carbocycles. The monoisotopic (exact) mass is 345 g/mol. The Morgan fingerprint density at radius 3 is 2.68 bits per heavy atom. The van der Waals surface area contributed by atoms with Crippen LogP contribution >= 0.6 is 0 Å². The van der Waals surface area contributed by atoms with E-state index in [2.05, 4.69) is 10.3 Å². The Labute approximate surface area is 148 Å². The molecule has 2 aliphatic heterocycles. The standard InChI is InChI=1S/C18H27N5O2/c19-16(24)13-22-9-3-4-14(12-22)18(25)23-10-6-15(7-11-23)21-17-5-1-2-8-20-17/h1-2,5,8,14-15H,3-4,6-7,9-13H2,(H2,19,24)(H,20,21)/t14-/m0/s1. The van der Waals surface area contributed by atoms with Crippen molar-refractivity contribution < 1.29 is 9.59 Å². The average Bonchev–Trinajstić information content (AvgIpc) is 2.62. The average molecular weight is 345 g/mol. The zero-order valence-electron chi connectivity index (χ0n) is 14.6. The lowest BCUT2D eigenvalue weighted by molar-refractivity contribution is -0.139. The Bertz CT molecular complexity index is 586. The van der Waals surface area contributed by atoms with Crippen molar-refractivity contribution in [2.75, 3.05) is 38.0 Å². The summed E-state index contributed by atoms with van der Waals surface area (Å²) in [7, 11) is 0. The SMILES string of the molecule is NC(=O)CN1CCC[C@H](C(=O)N2CCC(Nc3ccccn3)CC2)C1. The number of nitrogens with one attached hydrogen (secondary N) is 1. The summed E-state index contributed by atoms with van der Waals surface area (Å²) >= 11 is 0. The zero-order chi connectivity index (χ0) is 17.6. The summed E-state index contributed by atoms with van der Waals surface area (Å²) in [5, 5.41) is 3.44. The van der Waals surface area contributed by atoms with Gasteiger partial charge in [-0.3, -0.25) is 14.5 Å². The van der Waals surface area contributed by atoms with Crippen LogP contribution in [0.15, 0.2) is 24.4 Å². The van der Waals surface area contributed by atoms with Crippen molar-refractivity contribution in [2.24, 2.45) is 11.7 Å². The lowest BCUT2D eigenvalue weighted by atomic mass is 9.95. The van der Waals surface area contributed by atoms with E-state index in [1.807, 2.05) is 28.0 Å². The fraction of sp³-hybridized carbons (Fsp3) is 0.611.